The van der Waals surface area contributed by atoms with Crippen LogP contribution in [0.2, 0.25) is 0 Å². The molecule has 1 saturated heterocycles. The van der Waals surface area contributed by atoms with Crippen LogP contribution in [0.25, 0.3) is 5.57 Å². The molecule has 1 spiro atoms. The smallest absolute Gasteiger partial charge is 0.238 e. The molecule has 42 heavy (non-hydrogen) atoms. The van der Waals surface area contributed by atoms with Crippen molar-refractivity contribution < 1.29 is 23.9 Å². The van der Waals surface area contributed by atoms with Crippen LogP contribution in [0.3, 0.4) is 0 Å². The fourth-order valence-electron chi connectivity index (χ4n) is 7.13. The fraction of sp³-hybridized carbons (Fsp3) is 0.206. The zero-order valence-electron chi connectivity index (χ0n) is 23.3. The molecule has 1 fully saturated rings. The lowest BCUT2D eigenvalue weighted by Crippen LogP contribution is -2.51. The first-order chi connectivity index (χ1) is 20.4. The second kappa shape index (κ2) is 9.70. The predicted molar refractivity (Wildman–Crippen MR) is 163 cm³/mol. The molecule has 1 N–H and O–H groups in total. The number of nitrogens with zero attached hydrogens (tertiary/aromatic N) is 1. The molecule has 1 amide bonds. The van der Waals surface area contributed by atoms with E-state index in [4.69, 9.17) is 9.47 Å². The molecular weight excluding hydrogens is 548 g/mol. The molecule has 1 aromatic heterocycles. The number of rotatable bonds is 6. The summed E-state index contributed by atoms with van der Waals surface area (Å²) in [5.74, 6) is -1.12. The van der Waals surface area contributed by atoms with Crippen molar-refractivity contribution in [3.63, 3.8) is 0 Å². The lowest BCUT2D eigenvalue weighted by molar-refractivity contribution is -0.121. The van der Waals surface area contributed by atoms with Gasteiger partial charge in [0.1, 0.15) is 23.0 Å². The van der Waals surface area contributed by atoms with Crippen molar-refractivity contribution in [3.05, 3.63) is 112 Å². The van der Waals surface area contributed by atoms with Crippen molar-refractivity contribution in [2.24, 2.45) is 5.92 Å². The van der Waals surface area contributed by atoms with Crippen LogP contribution >= 0.6 is 11.3 Å². The molecule has 0 radical (unpaired) electrons. The van der Waals surface area contributed by atoms with Crippen LogP contribution in [0.4, 0.5) is 11.4 Å². The highest BCUT2D eigenvalue weighted by molar-refractivity contribution is 7.12. The number of ether oxygens (including phenoxy) is 2. The van der Waals surface area contributed by atoms with Crippen LogP contribution in [0, 0.1) is 5.92 Å². The summed E-state index contributed by atoms with van der Waals surface area (Å²) in [5.41, 5.74) is 2.98. The Hall–Kier alpha value is -4.69. The van der Waals surface area contributed by atoms with Crippen LogP contribution in [-0.4, -0.2) is 43.8 Å². The van der Waals surface area contributed by atoms with Crippen molar-refractivity contribution in [1.82, 2.24) is 0 Å². The van der Waals surface area contributed by atoms with E-state index < -0.39 is 23.4 Å². The molecule has 7 rings (SSSR count). The van der Waals surface area contributed by atoms with E-state index >= 15 is 4.79 Å². The number of hydrogen-bond donors (Lipinski definition) is 1. The first kappa shape index (κ1) is 26.2. The number of fused-ring (bicyclic) bond motifs is 6. The molecule has 4 aromatic rings. The summed E-state index contributed by atoms with van der Waals surface area (Å²) in [6.45, 7) is 2.01. The van der Waals surface area contributed by atoms with Gasteiger partial charge in [-0.3, -0.25) is 14.4 Å². The first-order valence-electron chi connectivity index (χ1n) is 13.7. The number of anilines is 2. The zero-order chi connectivity index (χ0) is 29.2. The minimum Gasteiger partial charge on any atom is -0.497 e. The molecule has 4 atom stereocenters. The van der Waals surface area contributed by atoms with Crippen molar-refractivity contribution in [2.45, 2.75) is 24.4 Å². The number of nitrogens with one attached hydrogen (secondary N) is 1. The predicted octanol–water partition coefficient (Wildman–Crippen LogP) is 6.01. The van der Waals surface area contributed by atoms with Crippen molar-refractivity contribution in [2.75, 3.05) is 24.4 Å². The average molecular weight is 577 g/mol. The van der Waals surface area contributed by atoms with E-state index in [9.17, 15) is 9.59 Å². The highest BCUT2D eigenvalue weighted by Crippen LogP contribution is 2.59. The Labute approximate surface area is 247 Å². The quantitative estimate of drug-likeness (QED) is 0.283. The Balaban J connectivity index is 1.57. The molecule has 0 saturated carbocycles. The van der Waals surface area contributed by atoms with Gasteiger partial charge in [-0.05, 0) is 59.8 Å². The first-order valence-corrected chi connectivity index (χ1v) is 14.6. The number of para-hydroxylation sites is 2. The molecular formula is C34H28N2O5S. The molecule has 8 heteroatoms. The summed E-state index contributed by atoms with van der Waals surface area (Å²) in [7, 11) is 3.03. The average Bonchev–Trinajstić information content (AvgIpc) is 3.73. The summed E-state index contributed by atoms with van der Waals surface area (Å²) < 4.78 is 11.1. The topological polar surface area (TPSA) is 84.9 Å². The molecule has 3 aliphatic heterocycles. The summed E-state index contributed by atoms with van der Waals surface area (Å²) in [6, 6.07) is 22.4. The summed E-state index contributed by atoms with van der Waals surface area (Å²) >= 11 is 1.33. The van der Waals surface area contributed by atoms with E-state index in [2.05, 4.69) is 11.4 Å². The van der Waals surface area contributed by atoms with Crippen LogP contribution < -0.4 is 19.7 Å². The fourth-order valence-corrected chi connectivity index (χ4v) is 7.82. The van der Waals surface area contributed by atoms with E-state index in [0.717, 1.165) is 16.8 Å². The summed E-state index contributed by atoms with van der Waals surface area (Å²) in [6.07, 6.45) is 2.05. The van der Waals surface area contributed by atoms with E-state index in [1.807, 2.05) is 71.8 Å². The summed E-state index contributed by atoms with van der Waals surface area (Å²) in [4.78, 5) is 46.8. The SMILES string of the molecule is COc1ccc(OC)c(C(=O)[C@@H]2[C@H](C(=O)c3cccs3)N3c4ccccc4C(C)=C[C@H]3[C@@]23C(=O)Nc2ccccc23)c1. The number of ketones is 2. The van der Waals surface area contributed by atoms with Gasteiger partial charge in [-0.15, -0.1) is 11.3 Å². The maximum absolute atomic E-state index is 15.1. The lowest BCUT2D eigenvalue weighted by atomic mass is 9.64. The third kappa shape index (κ3) is 3.48. The number of thiophene rings is 1. The Kier molecular flexibility index (Phi) is 6.06. The highest BCUT2D eigenvalue weighted by Gasteiger charge is 2.70. The number of carbonyl (C=O) groups excluding carboxylic acids is 3. The lowest BCUT2D eigenvalue weighted by Gasteiger charge is -2.39. The standard InChI is InChI=1S/C34H28N2O5S/c1-19-17-28-34(23-10-5-6-11-24(23)35-33(34)39)29(31(37)22-18-20(40-2)14-15-26(22)41-3)30(32(38)27-13-8-16-42-27)36(28)25-12-7-4-9-21(19)25/h4-18,28-30H,1-3H3,(H,35,39)/t28-,29-,30+,34+/m0/s1. The number of Topliss-reactive ketones (excluding diaryl/α,β-unsaturated/α-hetero) is 2. The van der Waals surface area contributed by atoms with Gasteiger partial charge in [0.15, 0.2) is 11.6 Å². The van der Waals surface area contributed by atoms with Gasteiger partial charge in [0.2, 0.25) is 5.91 Å². The van der Waals surface area contributed by atoms with E-state index in [-0.39, 0.29) is 23.0 Å². The molecule has 210 valence electrons. The number of methoxy groups -OCH3 is 2. The number of hydrogen-bond acceptors (Lipinski definition) is 7. The van der Waals surface area contributed by atoms with Gasteiger partial charge in [0, 0.05) is 16.9 Å². The largest absolute Gasteiger partial charge is 0.497 e. The van der Waals surface area contributed by atoms with E-state index in [1.165, 1.54) is 25.6 Å². The van der Waals surface area contributed by atoms with Crippen molar-refractivity contribution in [3.8, 4) is 11.5 Å². The molecule has 3 aromatic carbocycles. The zero-order valence-corrected chi connectivity index (χ0v) is 24.1. The highest BCUT2D eigenvalue weighted by atomic mass is 32.1. The van der Waals surface area contributed by atoms with E-state index in [1.54, 1.807) is 24.3 Å². The van der Waals surface area contributed by atoms with Crippen molar-refractivity contribution in [1.29, 1.82) is 0 Å². The minimum absolute atomic E-state index is 0.202. The second-order valence-corrected chi connectivity index (χ2v) is 11.7. The van der Waals surface area contributed by atoms with E-state index in [0.29, 0.717) is 27.6 Å². The number of carbonyl (C=O) groups is 3. The van der Waals surface area contributed by atoms with Gasteiger partial charge in [-0.1, -0.05) is 48.5 Å². The Morgan fingerprint density at radius 3 is 2.48 bits per heavy atom. The molecule has 0 aliphatic carbocycles. The number of allylic oxidation sites excluding steroid dienone is 1. The molecule has 0 bridgehead atoms. The molecule has 0 unspecified atom stereocenters. The normalized spacial score (nSPS) is 23.5. The minimum atomic E-state index is -1.39. The van der Waals surface area contributed by atoms with Gasteiger partial charge in [0.25, 0.3) is 0 Å². The monoisotopic (exact) mass is 576 g/mol. The van der Waals surface area contributed by atoms with Gasteiger partial charge < -0.3 is 19.7 Å². The van der Waals surface area contributed by atoms with Gasteiger partial charge in [-0.2, -0.15) is 0 Å². The maximum atomic E-state index is 15.1. The Bertz CT molecular complexity index is 1800. The van der Waals surface area contributed by atoms with Gasteiger partial charge in [0.05, 0.1) is 36.6 Å². The second-order valence-electron chi connectivity index (χ2n) is 10.8. The van der Waals surface area contributed by atoms with Crippen molar-refractivity contribution >= 4 is 45.8 Å². The third-order valence-electron chi connectivity index (χ3n) is 8.87. The van der Waals surface area contributed by atoms with Crippen LogP contribution in [0.1, 0.15) is 38.1 Å². The van der Waals surface area contributed by atoms with Gasteiger partial charge >= 0.3 is 0 Å². The molecule has 4 heterocycles. The van der Waals surface area contributed by atoms with Gasteiger partial charge in [-0.25, -0.2) is 0 Å². The molecule has 3 aliphatic rings. The van der Waals surface area contributed by atoms with Crippen LogP contribution in [-0.2, 0) is 10.2 Å². The van der Waals surface area contributed by atoms with Crippen LogP contribution in [0.15, 0.2) is 90.3 Å². The number of amides is 1. The Morgan fingerprint density at radius 2 is 1.71 bits per heavy atom. The van der Waals surface area contributed by atoms with Crippen LogP contribution in [0.5, 0.6) is 11.5 Å². The Morgan fingerprint density at radius 1 is 0.929 bits per heavy atom. The molecule has 7 nitrogen and oxygen atoms in total. The summed E-state index contributed by atoms with van der Waals surface area (Å²) in [5, 5.41) is 4.92. The number of benzene rings is 3. The maximum Gasteiger partial charge on any atom is 0.238 e. The third-order valence-corrected chi connectivity index (χ3v) is 9.76.